The fourth-order valence-corrected chi connectivity index (χ4v) is 3.94. The highest BCUT2D eigenvalue weighted by molar-refractivity contribution is 7.16. The molecule has 2 bridgehead atoms. The van der Waals surface area contributed by atoms with E-state index in [1.807, 2.05) is 6.07 Å². The highest BCUT2D eigenvalue weighted by Crippen LogP contribution is 2.28. The van der Waals surface area contributed by atoms with E-state index < -0.39 is 0 Å². The first-order valence-electron chi connectivity index (χ1n) is 6.01. The van der Waals surface area contributed by atoms with Crippen molar-refractivity contribution in [1.82, 2.24) is 10.2 Å². The van der Waals surface area contributed by atoms with Gasteiger partial charge in [-0.2, -0.15) is 0 Å². The second-order valence-electron chi connectivity index (χ2n) is 4.83. The lowest BCUT2D eigenvalue weighted by atomic mass is 9.94. The van der Waals surface area contributed by atoms with Crippen molar-refractivity contribution in [3.63, 3.8) is 0 Å². The fraction of sp³-hybridized carbons (Fsp3) is 0.667. The third-order valence-corrected chi connectivity index (χ3v) is 5.03. The number of hydrogen-bond donors (Lipinski definition) is 1. The molecule has 4 heteroatoms. The van der Waals surface area contributed by atoms with Crippen LogP contribution in [-0.2, 0) is 6.54 Å². The highest BCUT2D eigenvalue weighted by atomic mass is 35.5. The van der Waals surface area contributed by atoms with Crippen LogP contribution in [0.5, 0.6) is 0 Å². The molecule has 2 aliphatic heterocycles. The standard InChI is InChI=1S/C12H17ClN2S/c13-12-2-1-10(16-12)7-14-11-4-6-15-5-3-9(11)8-15/h1-2,9,11,14H,3-8H2. The van der Waals surface area contributed by atoms with Crippen LogP contribution in [0.2, 0.25) is 4.34 Å². The van der Waals surface area contributed by atoms with Crippen molar-refractivity contribution in [3.05, 3.63) is 21.3 Å². The number of rotatable bonds is 3. The molecule has 0 aromatic carbocycles. The van der Waals surface area contributed by atoms with Gasteiger partial charge in [0.05, 0.1) is 4.34 Å². The monoisotopic (exact) mass is 256 g/mol. The summed E-state index contributed by atoms with van der Waals surface area (Å²) in [5, 5.41) is 3.70. The Labute approximate surface area is 106 Å². The molecule has 1 aromatic heterocycles. The van der Waals surface area contributed by atoms with E-state index in [9.17, 15) is 0 Å². The summed E-state index contributed by atoms with van der Waals surface area (Å²) in [5.74, 6) is 0.879. The smallest absolute Gasteiger partial charge is 0.0931 e. The molecular formula is C12H17ClN2S. The summed E-state index contributed by atoms with van der Waals surface area (Å²) in [5.41, 5.74) is 0. The fourth-order valence-electron chi connectivity index (χ4n) is 2.90. The molecule has 2 saturated heterocycles. The van der Waals surface area contributed by atoms with Crippen LogP contribution in [0.1, 0.15) is 17.7 Å². The first-order valence-corrected chi connectivity index (χ1v) is 7.20. The zero-order valence-electron chi connectivity index (χ0n) is 9.29. The van der Waals surface area contributed by atoms with Gasteiger partial charge in [-0.1, -0.05) is 11.6 Å². The van der Waals surface area contributed by atoms with Crippen LogP contribution in [0, 0.1) is 5.92 Å². The first kappa shape index (κ1) is 11.0. The molecule has 0 aliphatic carbocycles. The Morgan fingerprint density at radius 3 is 3.06 bits per heavy atom. The minimum atomic E-state index is 0.722. The number of fused-ring (bicyclic) bond motifs is 2. The molecule has 88 valence electrons. The first-order chi connectivity index (χ1) is 7.81. The average molecular weight is 257 g/mol. The Morgan fingerprint density at radius 1 is 1.38 bits per heavy atom. The van der Waals surface area contributed by atoms with Crippen LogP contribution in [0.25, 0.3) is 0 Å². The van der Waals surface area contributed by atoms with Crippen molar-refractivity contribution in [1.29, 1.82) is 0 Å². The topological polar surface area (TPSA) is 15.3 Å². The van der Waals surface area contributed by atoms with Crippen molar-refractivity contribution in [3.8, 4) is 0 Å². The number of nitrogens with zero attached hydrogens (tertiary/aromatic N) is 1. The van der Waals surface area contributed by atoms with E-state index in [0.29, 0.717) is 0 Å². The molecule has 3 unspecified atom stereocenters. The molecule has 3 rings (SSSR count). The maximum atomic E-state index is 5.93. The molecule has 0 amide bonds. The summed E-state index contributed by atoms with van der Waals surface area (Å²) in [6, 6.07) is 4.84. The maximum absolute atomic E-state index is 5.93. The molecule has 0 radical (unpaired) electrons. The van der Waals surface area contributed by atoms with Gasteiger partial charge in [0.25, 0.3) is 0 Å². The van der Waals surface area contributed by atoms with E-state index in [-0.39, 0.29) is 0 Å². The Kier molecular flexibility index (Phi) is 3.20. The van der Waals surface area contributed by atoms with E-state index in [1.165, 1.54) is 37.4 Å². The Hall–Kier alpha value is -0.0900. The Morgan fingerprint density at radius 2 is 2.25 bits per heavy atom. The zero-order valence-corrected chi connectivity index (χ0v) is 10.9. The minimum Gasteiger partial charge on any atom is -0.309 e. The summed E-state index contributed by atoms with van der Waals surface area (Å²) in [6.45, 7) is 4.88. The van der Waals surface area contributed by atoms with Gasteiger partial charge in [0.2, 0.25) is 0 Å². The molecule has 16 heavy (non-hydrogen) atoms. The van der Waals surface area contributed by atoms with E-state index in [4.69, 9.17) is 11.6 Å². The van der Waals surface area contributed by atoms with Crippen LogP contribution in [0.15, 0.2) is 12.1 Å². The molecule has 1 N–H and O–H groups in total. The predicted octanol–water partition coefficient (Wildman–Crippen LogP) is 2.59. The van der Waals surface area contributed by atoms with E-state index >= 15 is 0 Å². The molecule has 3 atom stereocenters. The third kappa shape index (κ3) is 2.28. The van der Waals surface area contributed by atoms with Crippen LogP contribution in [-0.4, -0.2) is 30.6 Å². The Balaban J connectivity index is 1.55. The van der Waals surface area contributed by atoms with Crippen molar-refractivity contribution < 1.29 is 0 Å². The van der Waals surface area contributed by atoms with Crippen molar-refractivity contribution in [2.24, 2.45) is 5.92 Å². The number of nitrogens with one attached hydrogen (secondary N) is 1. The van der Waals surface area contributed by atoms with Crippen molar-refractivity contribution >= 4 is 22.9 Å². The van der Waals surface area contributed by atoms with Gasteiger partial charge in [-0.15, -0.1) is 11.3 Å². The van der Waals surface area contributed by atoms with E-state index in [0.717, 1.165) is 22.8 Å². The molecule has 2 nitrogen and oxygen atoms in total. The summed E-state index contributed by atoms with van der Waals surface area (Å²) < 4.78 is 0.896. The van der Waals surface area contributed by atoms with Gasteiger partial charge >= 0.3 is 0 Å². The number of hydrogen-bond acceptors (Lipinski definition) is 3. The van der Waals surface area contributed by atoms with Crippen LogP contribution >= 0.6 is 22.9 Å². The minimum absolute atomic E-state index is 0.722. The van der Waals surface area contributed by atoms with Crippen molar-refractivity contribution in [2.75, 3.05) is 19.6 Å². The van der Waals surface area contributed by atoms with Crippen LogP contribution < -0.4 is 5.32 Å². The molecule has 0 saturated carbocycles. The van der Waals surface area contributed by atoms with Gasteiger partial charge in [0.15, 0.2) is 0 Å². The Bertz CT molecular complexity index is 366. The normalized spacial score (nSPS) is 33.2. The molecular weight excluding hydrogens is 240 g/mol. The lowest BCUT2D eigenvalue weighted by Gasteiger charge is -2.31. The van der Waals surface area contributed by atoms with Crippen LogP contribution in [0.3, 0.4) is 0 Å². The molecule has 2 aliphatic rings. The summed E-state index contributed by atoms with van der Waals surface area (Å²) in [6.07, 6.45) is 2.69. The van der Waals surface area contributed by atoms with Gasteiger partial charge in [-0.05, 0) is 44.0 Å². The van der Waals surface area contributed by atoms with E-state index in [1.54, 1.807) is 11.3 Å². The summed E-state index contributed by atoms with van der Waals surface area (Å²) in [4.78, 5) is 3.94. The second-order valence-corrected chi connectivity index (χ2v) is 6.63. The lowest BCUT2D eigenvalue weighted by molar-refractivity contribution is 0.220. The summed E-state index contributed by atoms with van der Waals surface area (Å²) in [7, 11) is 0. The SMILES string of the molecule is Clc1ccc(CNC2CCN3CCC2C3)s1. The van der Waals surface area contributed by atoms with Gasteiger partial charge in [0.1, 0.15) is 0 Å². The predicted molar refractivity (Wildman–Crippen MR) is 69.1 cm³/mol. The van der Waals surface area contributed by atoms with Crippen molar-refractivity contribution in [2.45, 2.75) is 25.4 Å². The van der Waals surface area contributed by atoms with E-state index in [2.05, 4.69) is 16.3 Å². The lowest BCUT2D eigenvalue weighted by Crippen LogP contribution is -2.43. The van der Waals surface area contributed by atoms with Gasteiger partial charge in [0, 0.05) is 24.0 Å². The number of piperidine rings is 1. The second kappa shape index (κ2) is 4.65. The summed E-state index contributed by atoms with van der Waals surface area (Å²) >= 11 is 7.62. The number of halogens is 1. The number of thiophene rings is 1. The molecule has 2 fully saturated rings. The van der Waals surface area contributed by atoms with Gasteiger partial charge < -0.3 is 10.2 Å². The molecule has 1 aromatic rings. The maximum Gasteiger partial charge on any atom is 0.0931 e. The average Bonchev–Trinajstić information content (AvgIpc) is 2.86. The highest BCUT2D eigenvalue weighted by Gasteiger charge is 2.33. The third-order valence-electron chi connectivity index (χ3n) is 3.80. The van der Waals surface area contributed by atoms with Crippen LogP contribution in [0.4, 0.5) is 0 Å². The zero-order chi connectivity index (χ0) is 11.0. The van der Waals surface area contributed by atoms with Gasteiger partial charge in [-0.25, -0.2) is 0 Å². The molecule has 3 heterocycles. The quantitative estimate of drug-likeness (QED) is 0.894. The molecule has 0 spiro atoms. The van der Waals surface area contributed by atoms with Gasteiger partial charge in [-0.3, -0.25) is 0 Å². The largest absolute Gasteiger partial charge is 0.309 e.